The molecule has 1 heterocycles. The van der Waals surface area contributed by atoms with Crippen LogP contribution in [-0.2, 0) is 0 Å². The molecule has 78 valence electrons. The van der Waals surface area contributed by atoms with Gasteiger partial charge in [-0.15, -0.1) is 0 Å². The molecule has 0 aromatic rings. The highest BCUT2D eigenvalue weighted by Gasteiger charge is 2.52. The maximum absolute atomic E-state index is 10.1. The summed E-state index contributed by atoms with van der Waals surface area (Å²) < 4.78 is 0. The first-order valence-corrected chi connectivity index (χ1v) is 5.53. The molecule has 3 heteroatoms. The zero-order chi connectivity index (χ0) is 10.2. The second-order valence-corrected chi connectivity index (χ2v) is 4.71. The minimum atomic E-state index is -0.400. The fourth-order valence-electron chi connectivity index (χ4n) is 2.43. The van der Waals surface area contributed by atoms with Crippen LogP contribution in [0.3, 0.4) is 0 Å². The van der Waals surface area contributed by atoms with Gasteiger partial charge in [-0.2, -0.15) is 5.26 Å². The third-order valence-electron chi connectivity index (χ3n) is 3.61. The zero-order valence-corrected chi connectivity index (χ0v) is 8.74. The van der Waals surface area contributed by atoms with E-state index in [9.17, 15) is 5.11 Å². The fraction of sp³-hybridized carbons (Fsp3) is 0.909. The topological polar surface area (TPSA) is 47.3 Å². The van der Waals surface area contributed by atoms with Crippen molar-refractivity contribution >= 4 is 0 Å². The van der Waals surface area contributed by atoms with Crippen molar-refractivity contribution in [3.05, 3.63) is 0 Å². The molecule has 0 spiro atoms. The van der Waals surface area contributed by atoms with Crippen molar-refractivity contribution in [1.82, 2.24) is 4.90 Å². The van der Waals surface area contributed by atoms with Gasteiger partial charge in [-0.3, -0.25) is 4.90 Å². The Morgan fingerprint density at radius 3 is 2.64 bits per heavy atom. The van der Waals surface area contributed by atoms with Gasteiger partial charge in [0.05, 0.1) is 18.1 Å². The lowest BCUT2D eigenvalue weighted by atomic mass is 9.86. The normalized spacial score (nSPS) is 27.8. The van der Waals surface area contributed by atoms with Crippen LogP contribution in [0.25, 0.3) is 0 Å². The summed E-state index contributed by atoms with van der Waals surface area (Å²) >= 11 is 0. The number of rotatable bonds is 4. The Bertz CT molecular complexity index is 249. The monoisotopic (exact) mass is 194 g/mol. The summed E-state index contributed by atoms with van der Waals surface area (Å²) in [5.74, 6) is 0.554. The number of likely N-dealkylation sites (tertiary alicyclic amines) is 1. The minimum absolute atomic E-state index is 0.360. The van der Waals surface area contributed by atoms with Gasteiger partial charge in [0, 0.05) is 19.1 Å². The van der Waals surface area contributed by atoms with E-state index in [0.717, 1.165) is 19.5 Å². The Balaban J connectivity index is 1.83. The molecule has 0 amide bonds. The summed E-state index contributed by atoms with van der Waals surface area (Å²) in [6, 6.07) is 2.58. The van der Waals surface area contributed by atoms with Crippen LogP contribution in [0, 0.1) is 17.2 Å². The average Bonchev–Trinajstić information content (AvgIpc) is 2.92. The molecule has 2 rings (SSSR count). The zero-order valence-electron chi connectivity index (χ0n) is 8.74. The summed E-state index contributed by atoms with van der Waals surface area (Å²) in [6.45, 7) is 3.69. The molecule has 1 saturated heterocycles. The van der Waals surface area contributed by atoms with E-state index in [1.165, 1.54) is 12.8 Å². The van der Waals surface area contributed by atoms with Crippen molar-refractivity contribution in [3.63, 3.8) is 0 Å². The van der Waals surface area contributed by atoms with Gasteiger partial charge in [0.15, 0.2) is 0 Å². The summed E-state index contributed by atoms with van der Waals surface area (Å²) in [4.78, 5) is 2.25. The van der Waals surface area contributed by atoms with Crippen LogP contribution in [0.2, 0.25) is 0 Å². The van der Waals surface area contributed by atoms with Crippen LogP contribution >= 0.6 is 0 Å². The summed E-state index contributed by atoms with van der Waals surface area (Å²) in [5.41, 5.74) is -0.400. The van der Waals surface area contributed by atoms with Crippen molar-refractivity contribution in [2.75, 3.05) is 13.1 Å². The molecule has 1 aliphatic heterocycles. The number of hydrogen-bond acceptors (Lipinski definition) is 3. The second-order valence-electron chi connectivity index (χ2n) is 4.71. The van der Waals surface area contributed by atoms with E-state index < -0.39 is 5.60 Å². The van der Waals surface area contributed by atoms with E-state index in [1.807, 2.05) is 0 Å². The molecule has 1 saturated carbocycles. The van der Waals surface area contributed by atoms with Gasteiger partial charge in [-0.05, 0) is 25.2 Å². The Labute approximate surface area is 85.3 Å². The predicted octanol–water partition coefficient (Wildman–Crippen LogP) is 1.14. The molecular weight excluding hydrogens is 176 g/mol. The molecule has 1 unspecified atom stereocenters. The molecule has 1 atom stereocenters. The molecular formula is C11H18N2O. The maximum Gasteiger partial charge on any atom is 0.0928 e. The molecule has 1 N–H and O–H groups in total. The van der Waals surface area contributed by atoms with Crippen LogP contribution in [0.5, 0.6) is 0 Å². The van der Waals surface area contributed by atoms with Gasteiger partial charge in [-0.1, -0.05) is 6.92 Å². The maximum atomic E-state index is 10.1. The third-order valence-corrected chi connectivity index (χ3v) is 3.61. The predicted molar refractivity (Wildman–Crippen MR) is 53.6 cm³/mol. The van der Waals surface area contributed by atoms with Crippen molar-refractivity contribution in [2.24, 2.45) is 5.92 Å². The SMILES string of the molecule is CCC(CC#N)N1CC(O)(C2CC2)C1. The highest BCUT2D eigenvalue weighted by molar-refractivity contribution is 5.07. The number of nitrogens with zero attached hydrogens (tertiary/aromatic N) is 2. The summed E-state index contributed by atoms with van der Waals surface area (Å²) in [6.07, 6.45) is 3.99. The fourth-order valence-corrected chi connectivity index (χ4v) is 2.43. The molecule has 1 aliphatic carbocycles. The van der Waals surface area contributed by atoms with Crippen molar-refractivity contribution in [2.45, 2.75) is 44.2 Å². The van der Waals surface area contributed by atoms with E-state index in [2.05, 4.69) is 17.9 Å². The van der Waals surface area contributed by atoms with E-state index in [0.29, 0.717) is 18.4 Å². The molecule has 0 aromatic carbocycles. The Kier molecular flexibility index (Phi) is 2.50. The average molecular weight is 194 g/mol. The van der Waals surface area contributed by atoms with Crippen LogP contribution in [0.4, 0.5) is 0 Å². The van der Waals surface area contributed by atoms with Crippen molar-refractivity contribution in [1.29, 1.82) is 5.26 Å². The molecule has 3 nitrogen and oxygen atoms in total. The standard InChI is InChI=1S/C11H18N2O/c1-2-10(5-6-12)13-7-11(14,8-13)9-3-4-9/h9-10,14H,2-5,7-8H2,1H3. The van der Waals surface area contributed by atoms with Gasteiger partial charge in [0.1, 0.15) is 0 Å². The smallest absolute Gasteiger partial charge is 0.0928 e. The van der Waals surface area contributed by atoms with E-state index >= 15 is 0 Å². The lowest BCUT2D eigenvalue weighted by Crippen LogP contribution is -2.65. The van der Waals surface area contributed by atoms with Crippen LogP contribution in [0.1, 0.15) is 32.6 Å². The minimum Gasteiger partial charge on any atom is -0.387 e. The molecule has 0 bridgehead atoms. The van der Waals surface area contributed by atoms with Crippen molar-refractivity contribution < 1.29 is 5.11 Å². The molecule has 0 aromatic heterocycles. The Morgan fingerprint density at radius 2 is 2.21 bits per heavy atom. The van der Waals surface area contributed by atoms with Crippen LogP contribution in [0.15, 0.2) is 0 Å². The Hall–Kier alpha value is -0.590. The van der Waals surface area contributed by atoms with Gasteiger partial charge in [0.2, 0.25) is 0 Å². The lowest BCUT2D eigenvalue weighted by Gasteiger charge is -2.50. The number of β-amino-alcohol motifs (C(OH)–C–C–N with tert-alkyl or cyclic N) is 1. The van der Waals surface area contributed by atoms with Gasteiger partial charge >= 0.3 is 0 Å². The Morgan fingerprint density at radius 1 is 1.57 bits per heavy atom. The van der Waals surface area contributed by atoms with Gasteiger partial charge in [0.25, 0.3) is 0 Å². The van der Waals surface area contributed by atoms with Crippen LogP contribution in [-0.4, -0.2) is 34.7 Å². The van der Waals surface area contributed by atoms with E-state index in [1.54, 1.807) is 0 Å². The third kappa shape index (κ3) is 1.65. The first kappa shape index (κ1) is 9.95. The number of aliphatic hydroxyl groups is 1. The lowest BCUT2D eigenvalue weighted by molar-refractivity contribution is -0.129. The van der Waals surface area contributed by atoms with Crippen molar-refractivity contribution in [3.8, 4) is 6.07 Å². The first-order valence-electron chi connectivity index (χ1n) is 5.53. The van der Waals surface area contributed by atoms with E-state index in [4.69, 9.17) is 5.26 Å². The molecule has 2 fully saturated rings. The quantitative estimate of drug-likeness (QED) is 0.730. The van der Waals surface area contributed by atoms with Gasteiger partial charge < -0.3 is 5.11 Å². The van der Waals surface area contributed by atoms with Crippen LogP contribution < -0.4 is 0 Å². The molecule has 0 radical (unpaired) electrons. The van der Waals surface area contributed by atoms with Gasteiger partial charge in [-0.25, -0.2) is 0 Å². The first-order chi connectivity index (χ1) is 6.69. The summed E-state index contributed by atoms with van der Waals surface area (Å²) in [5, 5.41) is 18.8. The summed E-state index contributed by atoms with van der Waals surface area (Å²) in [7, 11) is 0. The number of nitriles is 1. The largest absolute Gasteiger partial charge is 0.387 e. The highest BCUT2D eigenvalue weighted by Crippen LogP contribution is 2.45. The highest BCUT2D eigenvalue weighted by atomic mass is 16.3. The number of hydrogen-bond donors (Lipinski definition) is 1. The molecule has 14 heavy (non-hydrogen) atoms. The molecule has 2 aliphatic rings. The second kappa shape index (κ2) is 3.52. The van der Waals surface area contributed by atoms with E-state index in [-0.39, 0.29) is 0 Å².